The van der Waals surface area contributed by atoms with Gasteiger partial charge in [-0.05, 0) is 31.0 Å². The minimum atomic E-state index is 0.0150. The molecule has 0 aliphatic heterocycles. The lowest BCUT2D eigenvalue weighted by Crippen LogP contribution is -2.21. The molecule has 0 spiro atoms. The molecule has 0 saturated heterocycles. The summed E-state index contributed by atoms with van der Waals surface area (Å²) in [6, 6.07) is 19.0. The first-order valence-electron chi connectivity index (χ1n) is 8.42. The molecule has 1 amide bonds. The van der Waals surface area contributed by atoms with Gasteiger partial charge in [0.05, 0.1) is 17.1 Å². The van der Waals surface area contributed by atoms with E-state index >= 15 is 0 Å². The molecule has 1 unspecified atom stereocenters. The van der Waals surface area contributed by atoms with Crippen LogP contribution in [0.15, 0.2) is 54.6 Å². The Hall–Kier alpha value is -2.62. The predicted octanol–water partition coefficient (Wildman–Crippen LogP) is 3.71. The van der Waals surface area contributed by atoms with Gasteiger partial charge >= 0.3 is 0 Å². The molecule has 3 aromatic rings. The summed E-state index contributed by atoms with van der Waals surface area (Å²) in [6.07, 6.45) is 1.72. The zero-order valence-corrected chi connectivity index (χ0v) is 14.2. The van der Waals surface area contributed by atoms with Gasteiger partial charge in [-0.3, -0.25) is 4.79 Å². The number of amides is 1. The van der Waals surface area contributed by atoms with Crippen LogP contribution in [0.3, 0.4) is 0 Å². The number of benzene rings is 2. The van der Waals surface area contributed by atoms with Crippen molar-refractivity contribution in [1.82, 2.24) is 14.9 Å². The van der Waals surface area contributed by atoms with Crippen LogP contribution in [0.2, 0.25) is 0 Å². The highest BCUT2D eigenvalue weighted by Crippen LogP contribution is 2.26. The van der Waals surface area contributed by atoms with Crippen LogP contribution in [-0.4, -0.2) is 22.0 Å². The number of hydrogen-bond acceptors (Lipinski definition) is 2. The molecular weight excluding hydrogens is 298 g/mol. The van der Waals surface area contributed by atoms with Gasteiger partial charge in [0.15, 0.2) is 0 Å². The maximum absolute atomic E-state index is 11.0. The Morgan fingerprint density at radius 3 is 2.58 bits per heavy atom. The molecule has 1 atom stereocenters. The fourth-order valence-corrected chi connectivity index (χ4v) is 3.09. The van der Waals surface area contributed by atoms with Gasteiger partial charge in [-0.25, -0.2) is 4.98 Å². The summed E-state index contributed by atoms with van der Waals surface area (Å²) in [5, 5.41) is 2.85. The number of fused-ring (bicyclic) bond motifs is 1. The topological polar surface area (TPSA) is 46.9 Å². The van der Waals surface area contributed by atoms with E-state index in [-0.39, 0.29) is 11.9 Å². The van der Waals surface area contributed by atoms with Gasteiger partial charge in [0.25, 0.3) is 0 Å². The van der Waals surface area contributed by atoms with Gasteiger partial charge in [-0.1, -0.05) is 42.5 Å². The number of aromatic nitrogens is 2. The third kappa shape index (κ3) is 3.48. The van der Waals surface area contributed by atoms with Crippen molar-refractivity contribution in [3.8, 4) is 0 Å². The first-order chi connectivity index (χ1) is 11.7. The highest BCUT2D eigenvalue weighted by molar-refractivity contribution is 5.76. The van der Waals surface area contributed by atoms with Crippen LogP contribution in [0.4, 0.5) is 0 Å². The zero-order chi connectivity index (χ0) is 16.9. The van der Waals surface area contributed by atoms with Crippen LogP contribution >= 0.6 is 0 Å². The molecule has 124 valence electrons. The molecule has 24 heavy (non-hydrogen) atoms. The Morgan fingerprint density at radius 1 is 1.12 bits per heavy atom. The maximum atomic E-state index is 11.0. The van der Waals surface area contributed by atoms with E-state index in [1.807, 2.05) is 12.1 Å². The highest BCUT2D eigenvalue weighted by atomic mass is 16.1. The van der Waals surface area contributed by atoms with Crippen LogP contribution in [0.5, 0.6) is 0 Å². The van der Waals surface area contributed by atoms with Gasteiger partial charge in [-0.15, -0.1) is 0 Å². The molecule has 0 radical (unpaired) electrons. The summed E-state index contributed by atoms with van der Waals surface area (Å²) in [4.78, 5) is 15.9. The molecule has 1 heterocycles. The molecule has 0 fully saturated rings. The molecular formula is C20H23N3O. The standard InChI is InChI=1S/C20H23N3O/c1-15(17-9-4-3-5-10-17)23-19-12-7-6-11-18(19)22-20(23)13-8-14-21-16(2)24/h3-7,9-12,15H,8,13-14H2,1-2H3,(H,21,24). The second-order valence-corrected chi connectivity index (χ2v) is 6.06. The third-order valence-electron chi connectivity index (χ3n) is 4.29. The summed E-state index contributed by atoms with van der Waals surface area (Å²) in [6.45, 7) is 4.44. The molecule has 2 aromatic carbocycles. The van der Waals surface area contributed by atoms with E-state index in [0.29, 0.717) is 6.54 Å². The van der Waals surface area contributed by atoms with Crippen molar-refractivity contribution < 1.29 is 4.79 Å². The number of hydrogen-bond donors (Lipinski definition) is 1. The number of para-hydroxylation sites is 2. The van der Waals surface area contributed by atoms with E-state index in [4.69, 9.17) is 4.98 Å². The molecule has 4 nitrogen and oxygen atoms in total. The Kier molecular flexibility index (Phi) is 4.94. The van der Waals surface area contributed by atoms with Gasteiger partial charge in [-0.2, -0.15) is 0 Å². The van der Waals surface area contributed by atoms with Crippen molar-refractivity contribution in [2.75, 3.05) is 6.54 Å². The largest absolute Gasteiger partial charge is 0.356 e. The van der Waals surface area contributed by atoms with Crippen molar-refractivity contribution in [3.05, 3.63) is 66.0 Å². The molecule has 1 aromatic heterocycles. The summed E-state index contributed by atoms with van der Waals surface area (Å²) in [5.41, 5.74) is 3.45. The van der Waals surface area contributed by atoms with E-state index in [1.54, 1.807) is 6.92 Å². The monoisotopic (exact) mass is 321 g/mol. The number of rotatable bonds is 6. The molecule has 0 aliphatic rings. The van der Waals surface area contributed by atoms with Crippen LogP contribution in [-0.2, 0) is 11.2 Å². The van der Waals surface area contributed by atoms with Gasteiger partial charge in [0, 0.05) is 19.9 Å². The second-order valence-electron chi connectivity index (χ2n) is 6.06. The van der Waals surface area contributed by atoms with Gasteiger partial charge in [0.2, 0.25) is 5.91 Å². The number of carbonyl (C=O) groups excluding carboxylic acids is 1. The van der Waals surface area contributed by atoms with Crippen molar-refractivity contribution in [3.63, 3.8) is 0 Å². The Morgan fingerprint density at radius 2 is 1.83 bits per heavy atom. The van der Waals surface area contributed by atoms with Crippen LogP contribution in [0, 0.1) is 0 Å². The Bertz CT molecular complexity index is 823. The average Bonchev–Trinajstić information content (AvgIpc) is 2.97. The van der Waals surface area contributed by atoms with E-state index < -0.39 is 0 Å². The minimum absolute atomic E-state index is 0.0150. The third-order valence-corrected chi connectivity index (χ3v) is 4.29. The van der Waals surface area contributed by atoms with Crippen molar-refractivity contribution in [2.24, 2.45) is 0 Å². The van der Waals surface area contributed by atoms with E-state index in [0.717, 1.165) is 29.7 Å². The molecule has 4 heteroatoms. The summed E-state index contributed by atoms with van der Waals surface area (Å²) in [7, 11) is 0. The van der Waals surface area contributed by atoms with E-state index in [1.165, 1.54) is 5.56 Å². The van der Waals surface area contributed by atoms with Gasteiger partial charge in [0.1, 0.15) is 5.82 Å². The first-order valence-corrected chi connectivity index (χ1v) is 8.42. The number of imidazole rings is 1. The Labute approximate surface area is 142 Å². The van der Waals surface area contributed by atoms with Crippen molar-refractivity contribution >= 4 is 16.9 Å². The highest BCUT2D eigenvalue weighted by Gasteiger charge is 2.16. The first kappa shape index (κ1) is 16.2. The summed E-state index contributed by atoms with van der Waals surface area (Å²) in [5.74, 6) is 1.08. The van der Waals surface area contributed by atoms with Crippen LogP contribution < -0.4 is 5.32 Å². The summed E-state index contributed by atoms with van der Waals surface area (Å²) >= 11 is 0. The average molecular weight is 321 g/mol. The summed E-state index contributed by atoms with van der Waals surface area (Å²) < 4.78 is 2.32. The number of nitrogens with zero attached hydrogens (tertiary/aromatic N) is 2. The van der Waals surface area contributed by atoms with E-state index in [9.17, 15) is 4.79 Å². The Balaban J connectivity index is 1.92. The van der Waals surface area contributed by atoms with Crippen molar-refractivity contribution in [1.29, 1.82) is 0 Å². The van der Waals surface area contributed by atoms with Crippen molar-refractivity contribution in [2.45, 2.75) is 32.7 Å². The normalized spacial score (nSPS) is 12.2. The fraction of sp³-hybridized carbons (Fsp3) is 0.300. The second kappa shape index (κ2) is 7.30. The molecule has 0 aliphatic carbocycles. The fourth-order valence-electron chi connectivity index (χ4n) is 3.09. The number of aryl methyl sites for hydroxylation is 1. The maximum Gasteiger partial charge on any atom is 0.216 e. The minimum Gasteiger partial charge on any atom is -0.356 e. The zero-order valence-electron chi connectivity index (χ0n) is 14.2. The molecule has 1 N–H and O–H groups in total. The molecule has 3 rings (SSSR count). The van der Waals surface area contributed by atoms with Gasteiger partial charge < -0.3 is 9.88 Å². The smallest absolute Gasteiger partial charge is 0.216 e. The lowest BCUT2D eigenvalue weighted by atomic mass is 10.1. The van der Waals surface area contributed by atoms with E-state index in [2.05, 4.69) is 59.3 Å². The molecule has 0 saturated carbocycles. The lowest BCUT2D eigenvalue weighted by Gasteiger charge is -2.18. The number of carbonyl (C=O) groups is 1. The van der Waals surface area contributed by atoms with Crippen LogP contribution in [0.25, 0.3) is 11.0 Å². The molecule has 0 bridgehead atoms. The quantitative estimate of drug-likeness (QED) is 0.704. The predicted molar refractivity (Wildman–Crippen MR) is 97.0 cm³/mol. The SMILES string of the molecule is CC(=O)NCCCc1nc2ccccc2n1C(C)c1ccccc1. The number of nitrogens with one attached hydrogen (secondary N) is 1. The van der Waals surface area contributed by atoms with Crippen LogP contribution in [0.1, 0.15) is 37.7 Å². The lowest BCUT2D eigenvalue weighted by molar-refractivity contribution is -0.118.